The molecule has 10 rings (SSSR count). The predicted octanol–water partition coefficient (Wildman–Crippen LogP) is 11.3. The molecule has 0 radical (unpaired) electrons. The number of carbonyl (C=O) groups is 2. The molecule has 2 aromatic carbocycles. The van der Waals surface area contributed by atoms with Gasteiger partial charge in [0.2, 0.25) is 0 Å². The van der Waals surface area contributed by atoms with Gasteiger partial charge in [-0.1, -0.05) is 92.8 Å². The fraction of sp³-hybridized carbons (Fsp3) is 0.677. The lowest BCUT2D eigenvalue weighted by Gasteiger charge is -2.72. The first-order valence-electron chi connectivity index (χ1n) is 27.4. The van der Waals surface area contributed by atoms with Gasteiger partial charge in [-0.3, -0.25) is 4.79 Å². The number of fused-ring (bicyclic) bond motifs is 6. The highest BCUT2D eigenvalue weighted by atomic mass is 16.5. The maximum atomic E-state index is 14.4. The van der Waals surface area contributed by atoms with Gasteiger partial charge in [0.1, 0.15) is 12.7 Å². The molecule has 0 aromatic heterocycles. The van der Waals surface area contributed by atoms with E-state index >= 15 is 0 Å². The summed E-state index contributed by atoms with van der Waals surface area (Å²) in [6.45, 7) is 6.79. The van der Waals surface area contributed by atoms with Crippen LogP contribution in [0.4, 0.5) is 0 Å². The summed E-state index contributed by atoms with van der Waals surface area (Å²) in [5, 5.41) is 41.2. The fourth-order valence-corrected chi connectivity index (χ4v) is 17.6. The zero-order valence-electron chi connectivity index (χ0n) is 42.0. The Morgan fingerprint density at radius 3 is 2.36 bits per heavy atom. The third kappa shape index (κ3) is 8.86. The van der Waals surface area contributed by atoms with Gasteiger partial charge in [-0.25, -0.2) is 4.79 Å². The molecule has 6 aliphatic carbocycles. The maximum absolute atomic E-state index is 14.4. The molecule has 15 atom stereocenters. The summed E-state index contributed by atoms with van der Waals surface area (Å²) in [5.74, 6) is 15.3. The van der Waals surface area contributed by atoms with Gasteiger partial charge in [-0.2, -0.15) is 0 Å². The largest absolute Gasteiger partial charge is 0.462 e. The standard InChI is InChI=1S/C62H80O7/c1-43(14-12-19-44-15-6-4-7-16-44)23-26-52(63)62-53(64)30-32-58(3,56(62)51-40-57(2,31-11-10-22-54(65)69-51)61(62,67)35-28-47-36-55(66)68-41-47)50-29-33-59-38-48(50)21-13-20-46-27-34-60(37-46,42-59)49(39-59)25-24-45-17-8-5-9-18-45/h4-9,15-18,36,43,46,48-53,56,63-64,67H,10,12,14,19-20,22-30,32-35,37-42H2,1-3H3/t43-,46-,48-,49+,50-,51-,52+,53-,56+,57+,58+,59-,60-,61-,62+/m1/s1. The Kier molecular flexibility index (Phi) is 13.6. The summed E-state index contributed by atoms with van der Waals surface area (Å²) in [7, 11) is 0. The second kappa shape index (κ2) is 19.3. The van der Waals surface area contributed by atoms with Crippen LogP contribution in [0.2, 0.25) is 0 Å². The zero-order valence-corrected chi connectivity index (χ0v) is 42.0. The predicted molar refractivity (Wildman–Crippen MR) is 269 cm³/mol. The lowest BCUT2D eigenvalue weighted by Crippen LogP contribution is -2.79. The van der Waals surface area contributed by atoms with Crippen LogP contribution < -0.4 is 0 Å². The van der Waals surface area contributed by atoms with E-state index < -0.39 is 46.1 Å². The third-order valence-electron chi connectivity index (χ3n) is 20.8. The monoisotopic (exact) mass is 937 g/mol. The van der Waals surface area contributed by atoms with Gasteiger partial charge in [0.25, 0.3) is 0 Å². The van der Waals surface area contributed by atoms with Crippen molar-refractivity contribution < 1.29 is 34.4 Å². The van der Waals surface area contributed by atoms with Crippen LogP contribution >= 0.6 is 0 Å². The van der Waals surface area contributed by atoms with Crippen molar-refractivity contribution in [3.8, 4) is 23.7 Å². The second-order valence-electron chi connectivity index (χ2n) is 24.7. The Morgan fingerprint density at radius 1 is 0.841 bits per heavy atom. The Balaban J connectivity index is 1.03. The average molecular weight is 937 g/mol. The van der Waals surface area contributed by atoms with E-state index in [-0.39, 0.29) is 48.6 Å². The van der Waals surface area contributed by atoms with Gasteiger partial charge in [-0.05, 0) is 179 Å². The molecule has 0 unspecified atom stereocenters. The van der Waals surface area contributed by atoms with Crippen LogP contribution in [0, 0.1) is 86.3 Å². The summed E-state index contributed by atoms with van der Waals surface area (Å²) in [6.07, 6.45) is 18.1. The lowest BCUT2D eigenvalue weighted by atomic mass is 9.34. The van der Waals surface area contributed by atoms with E-state index in [4.69, 9.17) is 9.47 Å². The highest BCUT2D eigenvalue weighted by Gasteiger charge is 2.78. The Bertz CT molecular complexity index is 2350. The van der Waals surface area contributed by atoms with Crippen LogP contribution in [0.1, 0.15) is 167 Å². The van der Waals surface area contributed by atoms with E-state index in [1.807, 2.05) is 6.92 Å². The molecule has 370 valence electrons. The minimum Gasteiger partial charge on any atom is -0.462 e. The number of hydrogen-bond donors (Lipinski definition) is 3. The normalized spacial score (nSPS) is 40.7. The van der Waals surface area contributed by atoms with Crippen LogP contribution in [-0.4, -0.2) is 57.8 Å². The topological polar surface area (TPSA) is 113 Å². The van der Waals surface area contributed by atoms with E-state index in [2.05, 4.69) is 98.2 Å². The number of rotatable bonds is 15. The van der Waals surface area contributed by atoms with Gasteiger partial charge in [0.15, 0.2) is 0 Å². The van der Waals surface area contributed by atoms with Crippen molar-refractivity contribution in [3.05, 3.63) is 83.4 Å². The highest BCUT2D eigenvalue weighted by Crippen LogP contribution is 2.74. The van der Waals surface area contributed by atoms with Gasteiger partial charge in [-0.15, -0.1) is 11.8 Å². The molecule has 2 aliphatic heterocycles. The van der Waals surface area contributed by atoms with Gasteiger partial charge in [0, 0.05) is 37.2 Å². The fourth-order valence-electron chi connectivity index (χ4n) is 17.6. The molecule has 8 aliphatic rings. The Morgan fingerprint density at radius 2 is 1.61 bits per heavy atom. The molecule has 2 heterocycles. The number of aliphatic hydroxyl groups excluding tert-OH is 2. The average Bonchev–Trinajstić information content (AvgIpc) is 4.04. The molecule has 6 bridgehead atoms. The summed E-state index contributed by atoms with van der Waals surface area (Å²) in [5.41, 5.74) is -0.779. The van der Waals surface area contributed by atoms with Crippen molar-refractivity contribution >= 4 is 11.9 Å². The molecule has 7 heteroatoms. The maximum Gasteiger partial charge on any atom is 0.331 e. The minimum absolute atomic E-state index is 0.112. The summed E-state index contributed by atoms with van der Waals surface area (Å²) in [4.78, 5) is 26.5. The number of cyclic esters (lactones) is 1. The van der Waals surface area contributed by atoms with Crippen molar-refractivity contribution in [1.82, 2.24) is 0 Å². The summed E-state index contributed by atoms with van der Waals surface area (Å²) < 4.78 is 12.2. The first-order valence-corrected chi connectivity index (χ1v) is 27.4. The molecule has 0 amide bonds. The first-order chi connectivity index (χ1) is 33.2. The minimum atomic E-state index is -1.73. The number of aryl methyl sites for hydroxylation is 2. The van der Waals surface area contributed by atoms with Crippen LogP contribution in [0.3, 0.4) is 0 Å². The van der Waals surface area contributed by atoms with Crippen molar-refractivity contribution in [1.29, 1.82) is 0 Å². The third-order valence-corrected chi connectivity index (χ3v) is 20.8. The van der Waals surface area contributed by atoms with Crippen molar-refractivity contribution in [3.63, 3.8) is 0 Å². The van der Waals surface area contributed by atoms with Gasteiger partial charge < -0.3 is 24.8 Å². The quantitative estimate of drug-likeness (QED) is 0.120. The number of ether oxygens (including phenoxy) is 2. The van der Waals surface area contributed by atoms with E-state index in [9.17, 15) is 24.9 Å². The van der Waals surface area contributed by atoms with Crippen molar-refractivity contribution in [2.75, 3.05) is 6.61 Å². The molecule has 7 nitrogen and oxygen atoms in total. The molecule has 5 fully saturated rings. The number of esters is 2. The van der Waals surface area contributed by atoms with Gasteiger partial charge >= 0.3 is 11.9 Å². The second-order valence-corrected chi connectivity index (χ2v) is 24.7. The van der Waals surface area contributed by atoms with Crippen LogP contribution in [0.15, 0.2) is 72.3 Å². The number of carbonyl (C=O) groups excluding carboxylic acids is 2. The number of aliphatic hydroxyl groups is 3. The molecule has 2 spiro atoms. The smallest absolute Gasteiger partial charge is 0.331 e. The van der Waals surface area contributed by atoms with Crippen molar-refractivity contribution in [2.24, 2.45) is 62.6 Å². The van der Waals surface area contributed by atoms with Crippen molar-refractivity contribution in [2.45, 2.75) is 192 Å². The van der Waals surface area contributed by atoms with Gasteiger partial charge in [0.05, 0.1) is 35.1 Å². The lowest BCUT2D eigenvalue weighted by molar-refractivity contribution is -0.340. The molecule has 69 heavy (non-hydrogen) atoms. The molecule has 0 saturated heterocycles. The molecule has 5 saturated carbocycles. The molecule has 2 aromatic rings. The first kappa shape index (κ1) is 48.7. The van der Waals surface area contributed by atoms with Crippen LogP contribution in [0.25, 0.3) is 0 Å². The highest BCUT2D eigenvalue weighted by molar-refractivity contribution is 5.85. The zero-order chi connectivity index (χ0) is 48.1. The van der Waals surface area contributed by atoms with Crippen LogP contribution in [-0.2, 0) is 31.9 Å². The van der Waals surface area contributed by atoms with E-state index in [0.29, 0.717) is 61.7 Å². The summed E-state index contributed by atoms with van der Waals surface area (Å²) in [6, 6.07) is 21.7. The summed E-state index contributed by atoms with van der Waals surface area (Å²) >= 11 is 0. The molecule has 3 N–H and O–H groups in total. The van der Waals surface area contributed by atoms with E-state index in [1.54, 1.807) is 0 Å². The van der Waals surface area contributed by atoms with E-state index in [0.717, 1.165) is 63.4 Å². The molecular formula is C62H80O7. The number of benzene rings is 2. The Labute approximate surface area is 413 Å². The molecular weight excluding hydrogens is 857 g/mol. The van der Waals surface area contributed by atoms with Crippen LogP contribution in [0.5, 0.6) is 0 Å². The van der Waals surface area contributed by atoms with E-state index in [1.165, 1.54) is 55.7 Å². The number of hydrogen-bond acceptors (Lipinski definition) is 7. The Hall–Kier alpha value is -3.88. The SMILES string of the molecule is C[C@H](CCCc1ccccc1)CC[C@H](O)[C@]12[C@H](O)CC[C@@](C)([C@@H]3CC[C@]45C[C@H](CCc6ccccc6)[C@@]6(CC[C@@H](CC#C[C@@H]3C4)C6)C5)[C@@H]1[C@H]1C[C@](C)(C#CCCC(=O)O1)[C@]2(O)CCC1=CC(=O)OC1.